The molecule has 0 spiro atoms. The minimum atomic E-state index is -0.134. The summed E-state index contributed by atoms with van der Waals surface area (Å²) in [5.41, 5.74) is 1.76. The molecule has 1 aromatic carbocycles. The van der Waals surface area contributed by atoms with Crippen molar-refractivity contribution >= 4 is 28.6 Å². The summed E-state index contributed by atoms with van der Waals surface area (Å²) >= 11 is 1.68. The van der Waals surface area contributed by atoms with Crippen LogP contribution in [-0.2, 0) is 5.75 Å². The molecule has 1 heterocycles. The van der Waals surface area contributed by atoms with Crippen LogP contribution in [0.2, 0.25) is 0 Å². The Morgan fingerprint density at radius 2 is 2.11 bits per heavy atom. The number of hydrogen-bond acceptors (Lipinski definition) is 3. The molecule has 0 atom stereocenters. The van der Waals surface area contributed by atoms with Crippen LogP contribution < -0.4 is 5.32 Å². The fraction of sp³-hybridized carbons (Fsp3) is 0.357. The van der Waals surface area contributed by atoms with E-state index in [9.17, 15) is 4.79 Å². The SMILES string of the molecule is CSCc1c(C(=O)NC(C)C)oc2ccccc12. The van der Waals surface area contributed by atoms with Crippen molar-refractivity contribution in [2.75, 3.05) is 6.26 Å². The van der Waals surface area contributed by atoms with Crippen molar-refractivity contribution in [2.45, 2.75) is 25.6 Å². The van der Waals surface area contributed by atoms with Gasteiger partial charge in [-0.1, -0.05) is 18.2 Å². The molecule has 1 N–H and O–H groups in total. The average Bonchev–Trinajstić information content (AvgIpc) is 2.68. The highest BCUT2D eigenvalue weighted by Gasteiger charge is 2.20. The summed E-state index contributed by atoms with van der Waals surface area (Å²) in [6.45, 7) is 3.88. The number of carbonyl (C=O) groups excluding carboxylic acids is 1. The Balaban J connectivity index is 2.48. The van der Waals surface area contributed by atoms with Gasteiger partial charge in [-0.2, -0.15) is 11.8 Å². The Hall–Kier alpha value is -1.42. The molecule has 0 aliphatic carbocycles. The number of benzene rings is 1. The fourth-order valence-corrected chi connectivity index (χ4v) is 2.47. The minimum absolute atomic E-state index is 0.104. The third-order valence-corrected chi connectivity index (χ3v) is 3.19. The van der Waals surface area contributed by atoms with Crippen molar-refractivity contribution < 1.29 is 9.21 Å². The third kappa shape index (κ3) is 2.53. The first-order valence-corrected chi connectivity index (χ1v) is 7.33. The van der Waals surface area contributed by atoms with Crippen LogP contribution >= 0.6 is 11.8 Å². The Kier molecular flexibility index (Phi) is 3.97. The van der Waals surface area contributed by atoms with E-state index in [1.54, 1.807) is 11.8 Å². The van der Waals surface area contributed by atoms with Gasteiger partial charge in [0.05, 0.1) is 0 Å². The smallest absolute Gasteiger partial charge is 0.287 e. The lowest BCUT2D eigenvalue weighted by Gasteiger charge is -2.07. The molecule has 1 amide bonds. The topological polar surface area (TPSA) is 42.2 Å². The maximum Gasteiger partial charge on any atom is 0.287 e. The van der Waals surface area contributed by atoms with Crippen LogP contribution in [0.4, 0.5) is 0 Å². The minimum Gasteiger partial charge on any atom is -0.451 e. The summed E-state index contributed by atoms with van der Waals surface area (Å²) in [5, 5.41) is 3.91. The Morgan fingerprint density at radius 1 is 1.39 bits per heavy atom. The highest BCUT2D eigenvalue weighted by Crippen LogP contribution is 2.28. The average molecular weight is 263 g/mol. The van der Waals surface area contributed by atoms with E-state index in [0.29, 0.717) is 5.76 Å². The van der Waals surface area contributed by atoms with E-state index in [4.69, 9.17) is 4.42 Å². The molecule has 0 saturated heterocycles. The Morgan fingerprint density at radius 3 is 2.78 bits per heavy atom. The van der Waals surface area contributed by atoms with Crippen molar-refractivity contribution in [3.8, 4) is 0 Å². The quantitative estimate of drug-likeness (QED) is 0.919. The van der Waals surface area contributed by atoms with Crippen molar-refractivity contribution in [1.82, 2.24) is 5.32 Å². The van der Waals surface area contributed by atoms with Crippen LogP contribution in [0.3, 0.4) is 0 Å². The molecule has 3 nitrogen and oxygen atoms in total. The van der Waals surface area contributed by atoms with Crippen molar-refractivity contribution in [2.24, 2.45) is 0 Å². The van der Waals surface area contributed by atoms with E-state index in [-0.39, 0.29) is 11.9 Å². The molecule has 18 heavy (non-hydrogen) atoms. The Labute approximate surface area is 111 Å². The van der Waals surface area contributed by atoms with Crippen LogP contribution in [0.25, 0.3) is 11.0 Å². The van der Waals surface area contributed by atoms with E-state index < -0.39 is 0 Å². The lowest BCUT2D eigenvalue weighted by atomic mass is 10.1. The van der Waals surface area contributed by atoms with Gasteiger partial charge < -0.3 is 9.73 Å². The summed E-state index contributed by atoms with van der Waals surface area (Å²) in [6.07, 6.45) is 2.02. The van der Waals surface area contributed by atoms with E-state index in [0.717, 1.165) is 22.3 Å². The molecule has 0 aliphatic rings. The standard InChI is InChI=1S/C14H17NO2S/c1-9(2)15-14(16)13-11(8-18-3)10-6-4-5-7-12(10)17-13/h4-7,9H,8H2,1-3H3,(H,15,16). The summed E-state index contributed by atoms with van der Waals surface area (Å²) in [5.74, 6) is 1.09. The van der Waals surface area contributed by atoms with E-state index in [2.05, 4.69) is 5.32 Å². The van der Waals surface area contributed by atoms with Crippen molar-refractivity contribution in [1.29, 1.82) is 0 Å². The maximum atomic E-state index is 12.1. The van der Waals surface area contributed by atoms with Gasteiger partial charge in [0.25, 0.3) is 5.91 Å². The number of thioether (sulfide) groups is 1. The second-order valence-corrected chi connectivity index (χ2v) is 5.33. The fourth-order valence-electron chi connectivity index (χ4n) is 1.90. The van der Waals surface area contributed by atoms with Gasteiger partial charge in [0.2, 0.25) is 0 Å². The summed E-state index contributed by atoms with van der Waals surface area (Å²) in [7, 11) is 0. The highest BCUT2D eigenvalue weighted by molar-refractivity contribution is 7.97. The number of rotatable bonds is 4. The molecular formula is C14H17NO2S. The van der Waals surface area contributed by atoms with Gasteiger partial charge in [0.15, 0.2) is 5.76 Å². The maximum absolute atomic E-state index is 12.1. The van der Waals surface area contributed by atoms with Gasteiger partial charge in [0, 0.05) is 22.7 Å². The number of amides is 1. The van der Waals surface area contributed by atoms with Gasteiger partial charge in [-0.3, -0.25) is 4.79 Å². The second-order valence-electron chi connectivity index (χ2n) is 4.47. The molecule has 0 saturated carbocycles. The van der Waals surface area contributed by atoms with Gasteiger partial charge in [-0.25, -0.2) is 0 Å². The first-order chi connectivity index (χ1) is 8.63. The number of carbonyl (C=O) groups is 1. The molecule has 0 aliphatic heterocycles. The zero-order valence-corrected chi connectivity index (χ0v) is 11.6. The number of hydrogen-bond donors (Lipinski definition) is 1. The Bertz CT molecular complexity index is 560. The first-order valence-electron chi connectivity index (χ1n) is 5.93. The van der Waals surface area contributed by atoms with Crippen molar-refractivity contribution in [3.05, 3.63) is 35.6 Å². The molecule has 2 aromatic rings. The van der Waals surface area contributed by atoms with Crippen LogP contribution in [0.1, 0.15) is 30.0 Å². The number of nitrogens with one attached hydrogen (secondary N) is 1. The van der Waals surface area contributed by atoms with Gasteiger partial charge >= 0.3 is 0 Å². The number of furan rings is 1. The van der Waals surface area contributed by atoms with E-state index in [1.807, 2.05) is 44.4 Å². The van der Waals surface area contributed by atoms with Crippen molar-refractivity contribution in [3.63, 3.8) is 0 Å². The number of para-hydroxylation sites is 1. The monoisotopic (exact) mass is 263 g/mol. The molecule has 0 bridgehead atoms. The molecule has 0 fully saturated rings. The lowest BCUT2D eigenvalue weighted by molar-refractivity contribution is 0.0916. The normalized spacial score (nSPS) is 11.1. The largest absolute Gasteiger partial charge is 0.451 e. The molecular weight excluding hydrogens is 246 g/mol. The molecule has 4 heteroatoms. The van der Waals surface area contributed by atoms with Gasteiger partial charge in [0.1, 0.15) is 5.58 Å². The second kappa shape index (κ2) is 5.48. The van der Waals surface area contributed by atoms with E-state index >= 15 is 0 Å². The third-order valence-electron chi connectivity index (χ3n) is 2.61. The number of fused-ring (bicyclic) bond motifs is 1. The molecule has 0 radical (unpaired) electrons. The predicted octanol–water partition coefficient (Wildman–Crippen LogP) is 3.43. The zero-order chi connectivity index (χ0) is 13.1. The van der Waals surface area contributed by atoms with Crippen LogP contribution in [0.5, 0.6) is 0 Å². The molecule has 96 valence electrons. The van der Waals surface area contributed by atoms with Gasteiger partial charge in [-0.15, -0.1) is 0 Å². The van der Waals surface area contributed by atoms with Crippen LogP contribution in [-0.4, -0.2) is 18.2 Å². The first kappa shape index (κ1) is 13.0. The van der Waals surface area contributed by atoms with Gasteiger partial charge in [-0.05, 0) is 26.2 Å². The zero-order valence-electron chi connectivity index (χ0n) is 10.8. The van der Waals surface area contributed by atoms with Crippen LogP contribution in [0, 0.1) is 0 Å². The van der Waals surface area contributed by atoms with E-state index in [1.165, 1.54) is 0 Å². The van der Waals surface area contributed by atoms with Crippen LogP contribution in [0.15, 0.2) is 28.7 Å². The summed E-state index contributed by atoms with van der Waals surface area (Å²) in [6, 6.07) is 7.87. The molecule has 2 rings (SSSR count). The summed E-state index contributed by atoms with van der Waals surface area (Å²) in [4.78, 5) is 12.1. The predicted molar refractivity (Wildman–Crippen MR) is 76.0 cm³/mol. The lowest BCUT2D eigenvalue weighted by Crippen LogP contribution is -2.30. The summed E-state index contributed by atoms with van der Waals surface area (Å²) < 4.78 is 5.69. The highest BCUT2D eigenvalue weighted by atomic mass is 32.2. The molecule has 1 aromatic heterocycles. The molecule has 0 unspecified atom stereocenters.